The second-order valence-electron chi connectivity index (χ2n) is 4.52. The van der Waals surface area contributed by atoms with Crippen LogP contribution in [0.25, 0.3) is 0 Å². The van der Waals surface area contributed by atoms with Crippen LogP contribution in [0.5, 0.6) is 0 Å². The Bertz CT molecular complexity index is 593. The van der Waals surface area contributed by atoms with E-state index in [1.54, 1.807) is 18.5 Å². The van der Waals surface area contributed by atoms with Crippen LogP contribution in [0.2, 0.25) is 5.02 Å². The number of rotatable bonds is 2. The number of nitrogens with zero attached hydrogens (tertiary/aromatic N) is 4. The number of hydrogen-bond acceptors (Lipinski definition) is 5. The number of anilines is 1. The van der Waals surface area contributed by atoms with E-state index in [4.69, 9.17) is 11.6 Å². The number of pyridine rings is 1. The molecule has 0 aromatic carbocycles. The van der Waals surface area contributed by atoms with Gasteiger partial charge in [0, 0.05) is 23.6 Å². The van der Waals surface area contributed by atoms with Crippen molar-refractivity contribution in [2.75, 3.05) is 18.0 Å². The topological polar surface area (TPSA) is 77.9 Å². The van der Waals surface area contributed by atoms with Crippen LogP contribution in [0.3, 0.4) is 0 Å². The molecular weight excluding hydrogens is 334 g/mol. The third kappa shape index (κ3) is 2.33. The number of aromatic amines is 1. The predicted molar refractivity (Wildman–Crippen MR) is 74.1 cm³/mol. The quantitative estimate of drug-likeness (QED) is 0.867. The maximum Gasteiger partial charge on any atom is 0.147 e. The van der Waals surface area contributed by atoms with Crippen molar-refractivity contribution in [3.05, 3.63) is 33.6 Å². The zero-order valence-electron chi connectivity index (χ0n) is 9.85. The van der Waals surface area contributed by atoms with Gasteiger partial charge in [-0.15, -0.1) is 0 Å². The minimum atomic E-state index is -1.01. The molecule has 100 valence electrons. The van der Waals surface area contributed by atoms with E-state index < -0.39 is 5.60 Å². The van der Waals surface area contributed by atoms with E-state index in [9.17, 15) is 5.11 Å². The van der Waals surface area contributed by atoms with Crippen LogP contribution >= 0.6 is 27.5 Å². The van der Waals surface area contributed by atoms with E-state index in [2.05, 4.69) is 36.3 Å². The molecule has 3 heterocycles. The van der Waals surface area contributed by atoms with Gasteiger partial charge < -0.3 is 10.0 Å². The highest BCUT2D eigenvalue weighted by Gasteiger charge is 2.40. The first-order valence-corrected chi connectivity index (χ1v) is 6.90. The molecule has 0 saturated carbocycles. The molecule has 0 bridgehead atoms. The average Bonchev–Trinajstić information content (AvgIpc) is 2.99. The summed E-state index contributed by atoms with van der Waals surface area (Å²) >= 11 is 9.50. The van der Waals surface area contributed by atoms with Gasteiger partial charge in [0.25, 0.3) is 0 Å². The Labute approximate surface area is 122 Å². The first kappa shape index (κ1) is 12.8. The summed E-state index contributed by atoms with van der Waals surface area (Å²) in [4.78, 5) is 6.25. The van der Waals surface area contributed by atoms with Crippen molar-refractivity contribution < 1.29 is 5.11 Å². The normalized spacial score (nSPS) is 23.0. The lowest BCUT2D eigenvalue weighted by Crippen LogP contribution is -2.31. The zero-order chi connectivity index (χ0) is 13.5. The van der Waals surface area contributed by atoms with Crippen molar-refractivity contribution in [1.29, 1.82) is 0 Å². The molecule has 2 N–H and O–H groups in total. The summed E-state index contributed by atoms with van der Waals surface area (Å²) in [6, 6.07) is 1.79. The molecule has 1 atom stereocenters. The highest BCUT2D eigenvalue weighted by Crippen LogP contribution is 2.35. The number of aliphatic hydroxyl groups is 1. The Morgan fingerprint density at radius 1 is 1.47 bits per heavy atom. The summed E-state index contributed by atoms with van der Waals surface area (Å²) < 4.78 is 0.826. The molecule has 19 heavy (non-hydrogen) atoms. The molecule has 3 rings (SSSR count). The molecule has 0 radical (unpaired) electrons. The van der Waals surface area contributed by atoms with Gasteiger partial charge in [0.05, 0.1) is 17.8 Å². The standard InChI is InChI=1S/C11H11BrClN5O/c12-7-3-8(13)10(14-4-7)18-2-1-11(19,6-18)9-5-15-17-16-9/h3-5,19H,1-2,6H2,(H,15,16,17)/t11-/m1/s1. The average molecular weight is 345 g/mol. The fraction of sp³-hybridized carbons (Fsp3) is 0.364. The SMILES string of the molecule is O[C@]1(c2cn[nH]n2)CCN(c2ncc(Br)cc2Cl)C1. The van der Waals surface area contributed by atoms with Gasteiger partial charge in [-0.1, -0.05) is 11.6 Å². The van der Waals surface area contributed by atoms with Gasteiger partial charge >= 0.3 is 0 Å². The predicted octanol–water partition coefficient (Wildman–Crippen LogP) is 1.71. The third-order valence-corrected chi connectivity index (χ3v) is 3.94. The summed E-state index contributed by atoms with van der Waals surface area (Å²) in [7, 11) is 0. The minimum Gasteiger partial charge on any atom is -0.381 e. The summed E-state index contributed by atoms with van der Waals surface area (Å²) in [6.07, 6.45) is 3.79. The number of H-pyrrole nitrogens is 1. The molecule has 0 unspecified atom stereocenters. The fourth-order valence-corrected chi connectivity index (χ4v) is 3.00. The largest absolute Gasteiger partial charge is 0.381 e. The fourth-order valence-electron chi connectivity index (χ4n) is 2.25. The molecule has 1 saturated heterocycles. The van der Waals surface area contributed by atoms with Gasteiger partial charge in [-0.2, -0.15) is 15.4 Å². The third-order valence-electron chi connectivity index (χ3n) is 3.23. The lowest BCUT2D eigenvalue weighted by Gasteiger charge is -2.22. The second kappa shape index (κ2) is 4.73. The molecule has 1 aliphatic heterocycles. The Balaban J connectivity index is 1.86. The molecule has 2 aromatic rings. The van der Waals surface area contributed by atoms with E-state index in [-0.39, 0.29) is 0 Å². The van der Waals surface area contributed by atoms with Crippen molar-refractivity contribution in [3.8, 4) is 0 Å². The minimum absolute atomic E-state index is 0.397. The Hall–Kier alpha value is -1.18. The number of aromatic nitrogens is 4. The number of hydrogen-bond donors (Lipinski definition) is 2. The van der Waals surface area contributed by atoms with Gasteiger partial charge in [-0.25, -0.2) is 4.98 Å². The van der Waals surface area contributed by atoms with Gasteiger partial charge in [0.2, 0.25) is 0 Å². The van der Waals surface area contributed by atoms with Crippen LogP contribution < -0.4 is 4.90 Å². The summed E-state index contributed by atoms with van der Waals surface area (Å²) in [5.74, 6) is 0.671. The zero-order valence-corrected chi connectivity index (χ0v) is 12.2. The Morgan fingerprint density at radius 2 is 2.32 bits per heavy atom. The molecule has 0 spiro atoms. The summed E-state index contributed by atoms with van der Waals surface area (Å²) in [5.41, 5.74) is -0.464. The van der Waals surface area contributed by atoms with E-state index in [0.29, 0.717) is 36.0 Å². The summed E-state index contributed by atoms with van der Waals surface area (Å²) in [6.45, 7) is 1.06. The summed E-state index contributed by atoms with van der Waals surface area (Å²) in [5, 5.41) is 21.4. The maximum atomic E-state index is 10.6. The first-order chi connectivity index (χ1) is 9.08. The van der Waals surface area contributed by atoms with E-state index >= 15 is 0 Å². The van der Waals surface area contributed by atoms with Gasteiger partial charge in [0.15, 0.2) is 0 Å². The smallest absolute Gasteiger partial charge is 0.147 e. The highest BCUT2D eigenvalue weighted by molar-refractivity contribution is 9.10. The Kier molecular flexibility index (Phi) is 3.20. The lowest BCUT2D eigenvalue weighted by atomic mass is 10.0. The molecule has 0 amide bonds. The van der Waals surface area contributed by atoms with Crippen molar-refractivity contribution >= 4 is 33.3 Å². The van der Waals surface area contributed by atoms with Crippen molar-refractivity contribution in [1.82, 2.24) is 20.4 Å². The lowest BCUT2D eigenvalue weighted by molar-refractivity contribution is 0.0559. The molecular formula is C11H11BrClN5O. The van der Waals surface area contributed by atoms with Gasteiger partial charge in [-0.3, -0.25) is 0 Å². The van der Waals surface area contributed by atoms with Crippen molar-refractivity contribution in [2.24, 2.45) is 0 Å². The first-order valence-electron chi connectivity index (χ1n) is 5.73. The van der Waals surface area contributed by atoms with Crippen LogP contribution in [0.1, 0.15) is 12.1 Å². The van der Waals surface area contributed by atoms with Crippen molar-refractivity contribution in [3.63, 3.8) is 0 Å². The molecule has 8 heteroatoms. The molecule has 1 fully saturated rings. The molecule has 1 aliphatic rings. The van der Waals surface area contributed by atoms with Crippen LogP contribution in [-0.2, 0) is 5.60 Å². The van der Waals surface area contributed by atoms with Crippen LogP contribution in [0.15, 0.2) is 22.9 Å². The molecule has 6 nitrogen and oxygen atoms in total. The van der Waals surface area contributed by atoms with Crippen LogP contribution in [0, 0.1) is 0 Å². The van der Waals surface area contributed by atoms with E-state index in [1.165, 1.54) is 0 Å². The van der Waals surface area contributed by atoms with Crippen molar-refractivity contribution in [2.45, 2.75) is 12.0 Å². The highest BCUT2D eigenvalue weighted by atomic mass is 79.9. The molecule has 0 aliphatic carbocycles. The van der Waals surface area contributed by atoms with E-state index in [0.717, 1.165) is 4.47 Å². The van der Waals surface area contributed by atoms with Gasteiger partial charge in [-0.05, 0) is 22.0 Å². The van der Waals surface area contributed by atoms with Crippen LogP contribution in [-0.4, -0.2) is 38.6 Å². The Morgan fingerprint density at radius 3 is 3.00 bits per heavy atom. The van der Waals surface area contributed by atoms with E-state index in [1.807, 2.05) is 4.90 Å². The number of halogens is 2. The van der Waals surface area contributed by atoms with Crippen LogP contribution in [0.4, 0.5) is 5.82 Å². The number of β-amino-alcohol motifs (C(OH)–C–C–N with tert-alkyl or cyclic N) is 1. The van der Waals surface area contributed by atoms with Gasteiger partial charge in [0.1, 0.15) is 17.1 Å². The second-order valence-corrected chi connectivity index (χ2v) is 5.84. The molecule has 2 aromatic heterocycles. The number of nitrogens with one attached hydrogen (secondary N) is 1. The monoisotopic (exact) mass is 343 g/mol. The maximum absolute atomic E-state index is 10.6.